The summed E-state index contributed by atoms with van der Waals surface area (Å²) in [5.41, 5.74) is 1.30. The molecule has 94 valence electrons. The van der Waals surface area contributed by atoms with Gasteiger partial charge in [-0.15, -0.1) is 11.3 Å². The number of aromatic nitrogens is 2. The summed E-state index contributed by atoms with van der Waals surface area (Å²) in [5, 5.41) is 6.49. The molecule has 0 bridgehead atoms. The van der Waals surface area contributed by atoms with Crippen LogP contribution in [0.1, 0.15) is 22.2 Å². The quantitative estimate of drug-likeness (QED) is 0.888. The predicted molar refractivity (Wildman–Crippen MR) is 73.2 cm³/mol. The second-order valence-electron chi connectivity index (χ2n) is 3.68. The molecule has 2 aromatic rings. The third-order valence-corrected chi connectivity index (χ3v) is 3.10. The molecular formula is C12H14N4OS. The molecular weight excluding hydrogens is 248 g/mol. The third-order valence-electron chi connectivity index (χ3n) is 2.27. The van der Waals surface area contributed by atoms with Crippen molar-refractivity contribution in [2.75, 3.05) is 17.2 Å². The number of amides is 1. The van der Waals surface area contributed by atoms with Crippen LogP contribution in [-0.2, 0) is 0 Å². The monoisotopic (exact) mass is 262 g/mol. The highest BCUT2D eigenvalue weighted by atomic mass is 32.1. The molecule has 0 aliphatic rings. The van der Waals surface area contributed by atoms with Gasteiger partial charge in [0, 0.05) is 23.8 Å². The zero-order valence-corrected chi connectivity index (χ0v) is 11.0. The lowest BCUT2D eigenvalue weighted by Crippen LogP contribution is -2.14. The lowest BCUT2D eigenvalue weighted by atomic mass is 10.2. The van der Waals surface area contributed by atoms with Crippen LogP contribution in [-0.4, -0.2) is 22.4 Å². The van der Waals surface area contributed by atoms with Crippen molar-refractivity contribution < 1.29 is 4.79 Å². The highest BCUT2D eigenvalue weighted by molar-refractivity contribution is 7.15. The van der Waals surface area contributed by atoms with Crippen molar-refractivity contribution in [3.8, 4) is 0 Å². The van der Waals surface area contributed by atoms with Gasteiger partial charge in [-0.05, 0) is 19.9 Å². The van der Waals surface area contributed by atoms with Gasteiger partial charge in [-0.3, -0.25) is 15.1 Å². The number of thiazole rings is 1. The summed E-state index contributed by atoms with van der Waals surface area (Å²) in [4.78, 5) is 21.3. The average molecular weight is 262 g/mol. The summed E-state index contributed by atoms with van der Waals surface area (Å²) >= 11 is 1.45. The van der Waals surface area contributed by atoms with Gasteiger partial charge >= 0.3 is 0 Å². The highest BCUT2D eigenvalue weighted by Crippen LogP contribution is 2.19. The summed E-state index contributed by atoms with van der Waals surface area (Å²) in [5.74, 6) is -0.178. The van der Waals surface area contributed by atoms with E-state index in [1.807, 2.05) is 13.8 Å². The largest absolute Gasteiger partial charge is 0.383 e. The molecule has 1 amide bonds. The molecule has 0 aromatic carbocycles. The van der Waals surface area contributed by atoms with Crippen molar-refractivity contribution in [3.63, 3.8) is 0 Å². The number of hydrogen-bond acceptors (Lipinski definition) is 5. The Kier molecular flexibility index (Phi) is 3.88. The van der Waals surface area contributed by atoms with Crippen LogP contribution in [0.2, 0.25) is 0 Å². The first kappa shape index (κ1) is 12.5. The highest BCUT2D eigenvalue weighted by Gasteiger charge is 2.12. The molecule has 0 saturated heterocycles. The van der Waals surface area contributed by atoms with Crippen LogP contribution in [0.4, 0.5) is 10.8 Å². The number of pyridine rings is 1. The molecule has 5 nitrogen and oxygen atoms in total. The third kappa shape index (κ3) is 2.84. The Labute approximate surface area is 109 Å². The number of carbonyl (C=O) groups is 1. The molecule has 0 radical (unpaired) electrons. The van der Waals surface area contributed by atoms with Gasteiger partial charge in [0.25, 0.3) is 5.91 Å². The van der Waals surface area contributed by atoms with Crippen LogP contribution < -0.4 is 10.6 Å². The van der Waals surface area contributed by atoms with E-state index in [1.54, 1.807) is 24.7 Å². The van der Waals surface area contributed by atoms with Gasteiger partial charge in [-0.2, -0.15) is 0 Å². The topological polar surface area (TPSA) is 66.9 Å². The standard InChI is InChI=1S/C12H14N4OS/c1-3-14-10-7-13-5-4-9(10)11(17)16-12-15-6-8(2)18-12/h4-7,14H,3H2,1-2H3,(H,15,16,17). The van der Waals surface area contributed by atoms with Crippen molar-refractivity contribution in [2.24, 2.45) is 0 Å². The maximum atomic E-state index is 12.1. The van der Waals surface area contributed by atoms with Crippen molar-refractivity contribution in [3.05, 3.63) is 35.1 Å². The number of rotatable bonds is 4. The zero-order chi connectivity index (χ0) is 13.0. The first-order chi connectivity index (χ1) is 8.70. The Hall–Kier alpha value is -1.95. The molecule has 6 heteroatoms. The van der Waals surface area contributed by atoms with Crippen molar-refractivity contribution >= 4 is 28.1 Å². The van der Waals surface area contributed by atoms with E-state index in [9.17, 15) is 4.79 Å². The predicted octanol–water partition coefficient (Wildman–Crippen LogP) is 2.53. The summed E-state index contributed by atoms with van der Waals surface area (Å²) < 4.78 is 0. The van der Waals surface area contributed by atoms with Crippen molar-refractivity contribution in [2.45, 2.75) is 13.8 Å². The maximum absolute atomic E-state index is 12.1. The molecule has 0 fully saturated rings. The van der Waals surface area contributed by atoms with Gasteiger partial charge in [0.05, 0.1) is 17.4 Å². The average Bonchev–Trinajstić information content (AvgIpc) is 2.76. The molecule has 0 aliphatic carbocycles. The van der Waals surface area contributed by atoms with Gasteiger partial charge in [-0.1, -0.05) is 0 Å². The van der Waals surface area contributed by atoms with Gasteiger partial charge in [0.2, 0.25) is 0 Å². The smallest absolute Gasteiger partial charge is 0.259 e. The first-order valence-corrected chi connectivity index (χ1v) is 6.44. The molecule has 2 aromatic heterocycles. The molecule has 0 atom stereocenters. The van der Waals surface area contributed by atoms with Gasteiger partial charge in [-0.25, -0.2) is 4.98 Å². The fraction of sp³-hybridized carbons (Fsp3) is 0.250. The van der Waals surface area contributed by atoms with E-state index in [0.717, 1.165) is 17.1 Å². The van der Waals surface area contributed by atoms with Crippen molar-refractivity contribution in [1.29, 1.82) is 0 Å². The fourth-order valence-electron chi connectivity index (χ4n) is 1.50. The number of carbonyl (C=O) groups excluding carboxylic acids is 1. The van der Waals surface area contributed by atoms with E-state index >= 15 is 0 Å². The molecule has 2 rings (SSSR count). The van der Waals surface area contributed by atoms with E-state index in [4.69, 9.17) is 0 Å². The second-order valence-corrected chi connectivity index (χ2v) is 4.92. The number of aryl methyl sites for hydroxylation is 1. The minimum Gasteiger partial charge on any atom is -0.383 e. The molecule has 0 spiro atoms. The Bertz CT molecular complexity index is 553. The number of nitrogens with one attached hydrogen (secondary N) is 2. The molecule has 2 heterocycles. The Morgan fingerprint density at radius 2 is 2.28 bits per heavy atom. The molecule has 18 heavy (non-hydrogen) atoms. The summed E-state index contributed by atoms with van der Waals surface area (Å²) in [6, 6.07) is 1.69. The van der Waals surface area contributed by atoms with E-state index < -0.39 is 0 Å². The van der Waals surface area contributed by atoms with Gasteiger partial charge < -0.3 is 5.32 Å². The number of nitrogens with zero attached hydrogens (tertiary/aromatic N) is 2. The van der Waals surface area contributed by atoms with Gasteiger partial charge in [0.15, 0.2) is 5.13 Å². The SMILES string of the molecule is CCNc1cnccc1C(=O)Nc1ncc(C)s1. The fourth-order valence-corrected chi connectivity index (χ4v) is 2.16. The minimum absolute atomic E-state index is 0.178. The van der Waals surface area contributed by atoms with Crippen LogP contribution in [0.3, 0.4) is 0 Å². The minimum atomic E-state index is -0.178. The van der Waals surface area contributed by atoms with E-state index in [0.29, 0.717) is 10.7 Å². The van der Waals surface area contributed by atoms with E-state index in [1.165, 1.54) is 11.3 Å². The normalized spacial score (nSPS) is 10.1. The van der Waals surface area contributed by atoms with Crippen LogP contribution in [0.25, 0.3) is 0 Å². The lowest BCUT2D eigenvalue weighted by Gasteiger charge is -2.08. The molecule has 0 aliphatic heterocycles. The summed E-state index contributed by atoms with van der Waals surface area (Å²) in [6.07, 6.45) is 4.98. The Morgan fingerprint density at radius 1 is 1.44 bits per heavy atom. The van der Waals surface area contributed by atoms with Crippen LogP contribution in [0.15, 0.2) is 24.7 Å². The first-order valence-electron chi connectivity index (χ1n) is 5.62. The zero-order valence-electron chi connectivity index (χ0n) is 10.2. The van der Waals surface area contributed by atoms with Gasteiger partial charge in [0.1, 0.15) is 0 Å². The molecule has 2 N–H and O–H groups in total. The van der Waals surface area contributed by atoms with Crippen LogP contribution in [0, 0.1) is 6.92 Å². The van der Waals surface area contributed by atoms with E-state index in [2.05, 4.69) is 20.6 Å². The Morgan fingerprint density at radius 3 is 2.94 bits per heavy atom. The van der Waals surface area contributed by atoms with Crippen LogP contribution in [0.5, 0.6) is 0 Å². The lowest BCUT2D eigenvalue weighted by molar-refractivity contribution is 0.102. The summed E-state index contributed by atoms with van der Waals surface area (Å²) in [7, 11) is 0. The Balaban J connectivity index is 2.18. The van der Waals surface area contributed by atoms with E-state index in [-0.39, 0.29) is 5.91 Å². The number of anilines is 2. The molecule has 0 saturated carbocycles. The summed E-state index contributed by atoms with van der Waals surface area (Å²) in [6.45, 7) is 4.66. The second kappa shape index (κ2) is 5.59. The van der Waals surface area contributed by atoms with Crippen LogP contribution >= 0.6 is 11.3 Å². The maximum Gasteiger partial charge on any atom is 0.259 e. The molecule has 0 unspecified atom stereocenters. The van der Waals surface area contributed by atoms with Crippen molar-refractivity contribution in [1.82, 2.24) is 9.97 Å². The number of hydrogen-bond donors (Lipinski definition) is 2.